The maximum atomic E-state index is 13.1. The predicted octanol–water partition coefficient (Wildman–Crippen LogP) is 2.75. The van der Waals surface area contributed by atoms with Crippen molar-refractivity contribution in [2.45, 2.75) is 44.9 Å². The van der Waals surface area contributed by atoms with E-state index in [9.17, 15) is 14.9 Å². The van der Waals surface area contributed by atoms with Gasteiger partial charge in [-0.25, -0.2) is 4.79 Å². The normalized spacial score (nSPS) is 21.1. The van der Waals surface area contributed by atoms with Crippen molar-refractivity contribution in [3.05, 3.63) is 29.3 Å². The minimum atomic E-state index is -0.658. The molecule has 2 aliphatic heterocycles. The number of anilines is 1. The highest BCUT2D eigenvalue weighted by Gasteiger charge is 2.43. The van der Waals surface area contributed by atoms with Crippen LogP contribution in [0, 0.1) is 22.7 Å². The topological polar surface area (TPSA) is 109 Å². The highest BCUT2D eigenvalue weighted by Crippen LogP contribution is 2.27. The SMILES string of the molecule is CC(C)(C)OC(=O)N1C[C@@H](Nc2ccc(C#N)c(C#N)c2)C[C@H]1C(=O)N1CCSC1. The molecule has 158 valence electrons. The number of likely N-dealkylation sites (tertiary alicyclic amines) is 1. The summed E-state index contributed by atoms with van der Waals surface area (Å²) in [5.74, 6) is 1.47. The quantitative estimate of drug-likeness (QED) is 0.790. The summed E-state index contributed by atoms with van der Waals surface area (Å²) >= 11 is 1.70. The van der Waals surface area contributed by atoms with Crippen molar-refractivity contribution in [2.75, 3.05) is 30.0 Å². The smallest absolute Gasteiger partial charge is 0.411 e. The van der Waals surface area contributed by atoms with Crippen molar-refractivity contribution >= 4 is 29.4 Å². The summed E-state index contributed by atoms with van der Waals surface area (Å²) < 4.78 is 5.53. The summed E-state index contributed by atoms with van der Waals surface area (Å²) in [4.78, 5) is 29.1. The van der Waals surface area contributed by atoms with Crippen LogP contribution in [-0.2, 0) is 9.53 Å². The number of thioether (sulfide) groups is 1. The van der Waals surface area contributed by atoms with Crippen molar-refractivity contribution in [1.29, 1.82) is 10.5 Å². The highest BCUT2D eigenvalue weighted by molar-refractivity contribution is 7.99. The standard InChI is InChI=1S/C21H25N5O3S/c1-21(2,3)29-20(28)26-12-17(9-18(26)19(27)25-6-7-30-13-25)24-16-5-4-14(10-22)15(8-16)11-23/h4-5,8,17-18,24H,6-7,9,12-13H2,1-3H3/t17-,18-/m0/s1. The molecule has 2 saturated heterocycles. The number of nitrogens with one attached hydrogen (secondary N) is 1. The van der Waals surface area contributed by atoms with Crippen LogP contribution in [0.1, 0.15) is 38.3 Å². The van der Waals surface area contributed by atoms with Crippen molar-refractivity contribution in [1.82, 2.24) is 9.80 Å². The summed E-state index contributed by atoms with van der Waals surface area (Å²) in [5.41, 5.74) is 0.606. The first kappa shape index (κ1) is 21.8. The van der Waals surface area contributed by atoms with Gasteiger partial charge in [0.15, 0.2) is 0 Å². The van der Waals surface area contributed by atoms with Gasteiger partial charge in [-0.2, -0.15) is 10.5 Å². The molecule has 0 aromatic heterocycles. The molecule has 0 aliphatic carbocycles. The van der Waals surface area contributed by atoms with E-state index in [2.05, 4.69) is 5.32 Å². The molecule has 2 aliphatic rings. The van der Waals surface area contributed by atoms with Crippen LogP contribution in [0.25, 0.3) is 0 Å². The average Bonchev–Trinajstić information content (AvgIpc) is 3.36. The van der Waals surface area contributed by atoms with Gasteiger partial charge in [-0.1, -0.05) is 0 Å². The fourth-order valence-corrected chi connectivity index (χ4v) is 4.51. The van der Waals surface area contributed by atoms with E-state index in [1.54, 1.807) is 55.6 Å². The van der Waals surface area contributed by atoms with Crippen molar-refractivity contribution in [3.8, 4) is 12.1 Å². The summed E-state index contributed by atoms with van der Waals surface area (Å²) in [6, 6.07) is 8.17. The van der Waals surface area contributed by atoms with Gasteiger partial charge in [-0.3, -0.25) is 9.69 Å². The van der Waals surface area contributed by atoms with Gasteiger partial charge in [0.05, 0.1) is 17.0 Å². The molecule has 3 rings (SSSR count). The third kappa shape index (κ3) is 4.98. The zero-order chi connectivity index (χ0) is 21.9. The summed E-state index contributed by atoms with van der Waals surface area (Å²) in [5, 5.41) is 21.6. The molecule has 0 spiro atoms. The fourth-order valence-electron chi connectivity index (χ4n) is 3.56. The van der Waals surface area contributed by atoms with Gasteiger partial charge in [0.25, 0.3) is 0 Å². The first-order valence-electron chi connectivity index (χ1n) is 9.79. The number of carbonyl (C=O) groups excluding carboxylic acids is 2. The van der Waals surface area contributed by atoms with Crippen LogP contribution in [0.4, 0.5) is 10.5 Å². The number of hydrogen-bond donors (Lipinski definition) is 1. The largest absolute Gasteiger partial charge is 0.444 e. The molecule has 1 aromatic carbocycles. The monoisotopic (exact) mass is 427 g/mol. The number of carbonyl (C=O) groups is 2. The van der Waals surface area contributed by atoms with Gasteiger partial charge in [0, 0.05) is 30.6 Å². The van der Waals surface area contributed by atoms with Crippen LogP contribution in [0.15, 0.2) is 18.2 Å². The van der Waals surface area contributed by atoms with Crippen LogP contribution >= 0.6 is 11.8 Å². The van der Waals surface area contributed by atoms with E-state index >= 15 is 0 Å². The number of nitrogens with zero attached hydrogens (tertiary/aromatic N) is 4. The fraction of sp³-hybridized carbons (Fsp3) is 0.524. The number of amides is 2. The molecule has 2 fully saturated rings. The predicted molar refractivity (Wildman–Crippen MR) is 114 cm³/mol. The Kier molecular flexibility index (Phi) is 6.42. The third-order valence-corrected chi connectivity index (χ3v) is 5.88. The van der Waals surface area contributed by atoms with Crippen LogP contribution < -0.4 is 5.32 Å². The lowest BCUT2D eigenvalue weighted by Gasteiger charge is -2.29. The van der Waals surface area contributed by atoms with Crippen molar-refractivity contribution < 1.29 is 14.3 Å². The molecule has 9 heteroatoms. The second-order valence-corrected chi connectivity index (χ2v) is 9.42. The molecule has 0 unspecified atom stereocenters. The lowest BCUT2D eigenvalue weighted by molar-refractivity contribution is -0.134. The van der Waals surface area contributed by atoms with E-state index in [4.69, 9.17) is 10.00 Å². The molecule has 2 atom stereocenters. The minimum Gasteiger partial charge on any atom is -0.444 e. The molecule has 1 N–H and O–H groups in total. The molecule has 0 bridgehead atoms. The molecule has 8 nitrogen and oxygen atoms in total. The van der Waals surface area contributed by atoms with Gasteiger partial charge in [-0.15, -0.1) is 11.8 Å². The van der Waals surface area contributed by atoms with Gasteiger partial charge in [0.2, 0.25) is 5.91 Å². The van der Waals surface area contributed by atoms with E-state index in [-0.39, 0.29) is 17.5 Å². The Hall–Kier alpha value is -2.91. The first-order valence-corrected chi connectivity index (χ1v) is 10.9. The van der Waals surface area contributed by atoms with Gasteiger partial charge >= 0.3 is 6.09 Å². The Balaban J connectivity index is 1.78. The Morgan fingerprint density at radius 2 is 1.97 bits per heavy atom. The lowest BCUT2D eigenvalue weighted by Crippen LogP contribution is -2.48. The maximum Gasteiger partial charge on any atom is 0.411 e. The zero-order valence-electron chi connectivity index (χ0n) is 17.3. The molecular formula is C21H25N5O3S. The van der Waals surface area contributed by atoms with E-state index in [1.165, 1.54) is 4.90 Å². The molecule has 0 saturated carbocycles. The Labute approximate surface area is 180 Å². The van der Waals surface area contributed by atoms with Crippen molar-refractivity contribution in [2.24, 2.45) is 0 Å². The molecule has 1 aromatic rings. The van der Waals surface area contributed by atoms with Gasteiger partial charge < -0.3 is 15.0 Å². The van der Waals surface area contributed by atoms with Crippen LogP contribution in [-0.4, -0.2) is 64.2 Å². The summed E-state index contributed by atoms with van der Waals surface area (Å²) in [7, 11) is 0. The number of nitriles is 2. The molecule has 30 heavy (non-hydrogen) atoms. The summed E-state index contributed by atoms with van der Waals surface area (Å²) in [6.07, 6.45) is -0.0595. The molecule has 2 heterocycles. The van der Waals surface area contributed by atoms with Crippen LogP contribution in [0.5, 0.6) is 0 Å². The van der Waals surface area contributed by atoms with E-state index in [0.717, 1.165) is 5.75 Å². The van der Waals surface area contributed by atoms with E-state index < -0.39 is 17.7 Å². The lowest BCUT2D eigenvalue weighted by atomic mass is 10.1. The highest BCUT2D eigenvalue weighted by atomic mass is 32.2. The second kappa shape index (κ2) is 8.85. The Bertz CT molecular complexity index is 909. The third-order valence-electron chi connectivity index (χ3n) is 4.91. The first-order chi connectivity index (χ1) is 14.2. The second-order valence-electron chi connectivity index (χ2n) is 8.35. The minimum absolute atomic E-state index is 0.0623. The zero-order valence-corrected chi connectivity index (χ0v) is 18.2. The van der Waals surface area contributed by atoms with Gasteiger partial charge in [-0.05, 0) is 45.4 Å². The number of ether oxygens (including phenoxy) is 1. The Morgan fingerprint density at radius 3 is 2.57 bits per heavy atom. The van der Waals surface area contributed by atoms with E-state index in [0.29, 0.717) is 36.6 Å². The van der Waals surface area contributed by atoms with Crippen LogP contribution in [0.3, 0.4) is 0 Å². The molecular weight excluding hydrogens is 402 g/mol. The Morgan fingerprint density at radius 1 is 1.23 bits per heavy atom. The summed E-state index contributed by atoms with van der Waals surface area (Å²) in [6.45, 7) is 6.38. The molecule has 2 amide bonds. The van der Waals surface area contributed by atoms with Crippen LogP contribution in [0.2, 0.25) is 0 Å². The number of benzene rings is 1. The maximum absolute atomic E-state index is 13.1. The number of hydrogen-bond acceptors (Lipinski definition) is 7. The average molecular weight is 428 g/mol. The van der Waals surface area contributed by atoms with Crippen molar-refractivity contribution in [3.63, 3.8) is 0 Å². The number of rotatable bonds is 3. The molecule has 0 radical (unpaired) electrons. The van der Waals surface area contributed by atoms with Gasteiger partial charge in [0.1, 0.15) is 23.8 Å². The van der Waals surface area contributed by atoms with E-state index in [1.807, 2.05) is 12.1 Å².